The Labute approximate surface area is 75.3 Å². The van der Waals surface area contributed by atoms with Crippen LogP contribution in [0.2, 0.25) is 0 Å². The Morgan fingerprint density at radius 3 is 2.46 bits per heavy atom. The summed E-state index contributed by atoms with van der Waals surface area (Å²) in [5, 5.41) is 8.92. The molecule has 1 aliphatic rings. The van der Waals surface area contributed by atoms with E-state index in [1.807, 2.05) is 0 Å². The topological polar surface area (TPSA) is 23.5 Å². The smallest absolute Gasteiger partial charge is 0.251 e. The number of aliphatic hydroxyl groups is 1. The van der Waals surface area contributed by atoms with Crippen molar-refractivity contribution in [2.75, 3.05) is 20.3 Å². The zero-order valence-electron chi connectivity index (χ0n) is 7.51. The van der Waals surface area contributed by atoms with E-state index in [2.05, 4.69) is 0 Å². The second-order valence-electron chi connectivity index (χ2n) is 3.67. The highest BCUT2D eigenvalue weighted by Crippen LogP contribution is 2.39. The van der Waals surface area contributed by atoms with Gasteiger partial charge in [0.2, 0.25) is 0 Å². The van der Waals surface area contributed by atoms with Gasteiger partial charge < -0.3 is 10.0 Å². The minimum atomic E-state index is -2.56. The summed E-state index contributed by atoms with van der Waals surface area (Å²) >= 11 is 0. The molecule has 0 aromatic carbocycles. The first-order chi connectivity index (χ1) is 5.94. The number of likely N-dealkylation sites (N-methyl/N-ethyl adjacent to an activating group) is 1. The molecular weight excluding hydrogens is 183 g/mol. The Bertz CT molecular complexity index is 169. The van der Waals surface area contributed by atoms with Crippen LogP contribution in [0.3, 0.4) is 0 Å². The molecule has 1 unspecified atom stereocenters. The van der Waals surface area contributed by atoms with Gasteiger partial charge in [0, 0.05) is 25.4 Å². The summed E-state index contributed by atoms with van der Waals surface area (Å²) in [6.45, 7) is -0.704. The lowest BCUT2D eigenvalue weighted by Crippen LogP contribution is -2.51. The van der Waals surface area contributed by atoms with Crippen LogP contribution in [0, 0.1) is 0 Å². The van der Waals surface area contributed by atoms with Gasteiger partial charge in [0.05, 0.1) is 6.10 Å². The summed E-state index contributed by atoms with van der Waals surface area (Å²) in [6.07, 6.45) is -1.41. The summed E-state index contributed by atoms with van der Waals surface area (Å²) in [5.41, 5.74) is 0. The third-order valence-electron chi connectivity index (χ3n) is 2.37. The number of rotatable bonds is 4. The van der Waals surface area contributed by atoms with Gasteiger partial charge >= 0.3 is 0 Å². The minimum Gasteiger partial charge on any atom is -0.389 e. The fraction of sp³-hybridized carbons (Fsp3) is 1.00. The molecule has 0 amide bonds. The van der Waals surface area contributed by atoms with Crippen LogP contribution < -0.4 is 0 Å². The third kappa shape index (κ3) is 2.84. The molecule has 1 atom stereocenters. The molecule has 2 nitrogen and oxygen atoms in total. The van der Waals surface area contributed by atoms with Crippen LogP contribution >= 0.6 is 0 Å². The standard InChI is InChI=1S/C8H14F3NO/c1-12(5-7(13)4-9)6-2-8(10,11)3-6/h6-7,13H,2-5H2,1H3. The number of hydrogen-bond donors (Lipinski definition) is 1. The number of halogens is 3. The molecule has 1 saturated carbocycles. The first-order valence-corrected chi connectivity index (χ1v) is 4.27. The van der Waals surface area contributed by atoms with Crippen molar-refractivity contribution in [1.29, 1.82) is 0 Å². The summed E-state index contributed by atoms with van der Waals surface area (Å²) in [6, 6.07) is -0.212. The molecule has 1 aliphatic carbocycles. The molecule has 1 fully saturated rings. The normalized spacial score (nSPS) is 24.5. The molecule has 5 heteroatoms. The SMILES string of the molecule is CN(CC(O)CF)C1CC(F)(F)C1. The van der Waals surface area contributed by atoms with E-state index in [4.69, 9.17) is 5.11 Å². The Morgan fingerprint density at radius 2 is 2.08 bits per heavy atom. The van der Waals surface area contributed by atoms with Crippen molar-refractivity contribution in [1.82, 2.24) is 4.90 Å². The highest BCUT2D eigenvalue weighted by molar-refractivity contribution is 4.92. The summed E-state index contributed by atoms with van der Waals surface area (Å²) in [5.74, 6) is -2.56. The minimum absolute atomic E-state index is 0.122. The molecule has 0 aromatic heterocycles. The Hall–Kier alpha value is -0.290. The molecule has 13 heavy (non-hydrogen) atoms. The van der Waals surface area contributed by atoms with Crippen molar-refractivity contribution < 1.29 is 18.3 Å². The van der Waals surface area contributed by atoms with Crippen molar-refractivity contribution in [3.05, 3.63) is 0 Å². The van der Waals surface area contributed by atoms with Gasteiger partial charge in [-0.3, -0.25) is 0 Å². The van der Waals surface area contributed by atoms with Crippen molar-refractivity contribution >= 4 is 0 Å². The second kappa shape index (κ2) is 3.84. The fourth-order valence-electron chi connectivity index (χ4n) is 1.47. The number of hydrogen-bond acceptors (Lipinski definition) is 2. The summed E-state index contributed by atoms with van der Waals surface area (Å²) in [7, 11) is 1.62. The molecule has 0 spiro atoms. The Kier molecular flexibility index (Phi) is 3.18. The quantitative estimate of drug-likeness (QED) is 0.728. The largest absolute Gasteiger partial charge is 0.389 e. The van der Waals surface area contributed by atoms with Gasteiger partial charge in [-0.25, -0.2) is 13.2 Å². The van der Waals surface area contributed by atoms with Crippen molar-refractivity contribution in [3.63, 3.8) is 0 Å². The summed E-state index contributed by atoms with van der Waals surface area (Å²) in [4.78, 5) is 1.58. The van der Waals surface area contributed by atoms with Crippen LogP contribution in [0.1, 0.15) is 12.8 Å². The molecular formula is C8H14F3NO. The lowest BCUT2D eigenvalue weighted by molar-refractivity contribution is -0.124. The lowest BCUT2D eigenvalue weighted by atomic mass is 9.87. The van der Waals surface area contributed by atoms with E-state index >= 15 is 0 Å². The lowest BCUT2D eigenvalue weighted by Gasteiger charge is -2.41. The average Bonchev–Trinajstić information content (AvgIpc) is 1.99. The maximum absolute atomic E-state index is 12.4. The van der Waals surface area contributed by atoms with E-state index in [1.54, 1.807) is 11.9 Å². The molecule has 0 bridgehead atoms. The molecule has 78 valence electrons. The fourth-order valence-corrected chi connectivity index (χ4v) is 1.47. The maximum atomic E-state index is 12.4. The van der Waals surface area contributed by atoms with Gasteiger partial charge in [0.25, 0.3) is 5.92 Å². The van der Waals surface area contributed by atoms with Gasteiger partial charge in [-0.15, -0.1) is 0 Å². The van der Waals surface area contributed by atoms with E-state index < -0.39 is 18.7 Å². The van der Waals surface area contributed by atoms with Crippen molar-refractivity contribution in [2.24, 2.45) is 0 Å². The number of nitrogens with zero attached hydrogens (tertiary/aromatic N) is 1. The van der Waals surface area contributed by atoms with E-state index in [0.29, 0.717) is 0 Å². The first kappa shape index (κ1) is 10.8. The van der Waals surface area contributed by atoms with E-state index in [9.17, 15) is 13.2 Å². The molecule has 0 radical (unpaired) electrons. The predicted molar refractivity (Wildman–Crippen MR) is 42.6 cm³/mol. The van der Waals surface area contributed by atoms with Crippen LogP contribution in [0.5, 0.6) is 0 Å². The monoisotopic (exact) mass is 197 g/mol. The van der Waals surface area contributed by atoms with E-state index in [-0.39, 0.29) is 25.4 Å². The molecule has 0 saturated heterocycles. The van der Waals surface area contributed by atoms with Crippen LogP contribution in [0.15, 0.2) is 0 Å². The zero-order valence-corrected chi connectivity index (χ0v) is 7.51. The van der Waals surface area contributed by atoms with Gasteiger partial charge in [0.1, 0.15) is 6.67 Å². The van der Waals surface area contributed by atoms with Gasteiger partial charge in [-0.05, 0) is 7.05 Å². The van der Waals surface area contributed by atoms with Crippen LogP contribution in [0.4, 0.5) is 13.2 Å². The molecule has 0 aromatic rings. The van der Waals surface area contributed by atoms with Crippen molar-refractivity contribution in [2.45, 2.75) is 30.9 Å². The molecule has 1 N–H and O–H groups in total. The maximum Gasteiger partial charge on any atom is 0.251 e. The van der Waals surface area contributed by atoms with Crippen LogP contribution in [0.25, 0.3) is 0 Å². The van der Waals surface area contributed by atoms with Gasteiger partial charge in [-0.2, -0.15) is 0 Å². The molecule has 0 aliphatic heterocycles. The van der Waals surface area contributed by atoms with Crippen LogP contribution in [-0.2, 0) is 0 Å². The van der Waals surface area contributed by atoms with Gasteiger partial charge in [-0.1, -0.05) is 0 Å². The zero-order chi connectivity index (χ0) is 10.1. The average molecular weight is 197 g/mol. The Balaban J connectivity index is 2.23. The highest BCUT2D eigenvalue weighted by Gasteiger charge is 2.47. The van der Waals surface area contributed by atoms with Crippen molar-refractivity contribution in [3.8, 4) is 0 Å². The Morgan fingerprint density at radius 1 is 1.54 bits per heavy atom. The third-order valence-corrected chi connectivity index (χ3v) is 2.37. The van der Waals surface area contributed by atoms with Gasteiger partial charge in [0.15, 0.2) is 0 Å². The predicted octanol–water partition coefficient (Wildman–Crippen LogP) is 1.05. The van der Waals surface area contributed by atoms with Crippen LogP contribution in [-0.4, -0.2) is 48.3 Å². The van der Waals surface area contributed by atoms with E-state index in [1.165, 1.54) is 0 Å². The first-order valence-electron chi connectivity index (χ1n) is 4.27. The number of aliphatic hydroxyl groups excluding tert-OH is 1. The number of alkyl halides is 3. The summed E-state index contributed by atoms with van der Waals surface area (Å²) < 4.78 is 36.7. The molecule has 1 rings (SSSR count). The van der Waals surface area contributed by atoms with E-state index in [0.717, 1.165) is 0 Å². The molecule has 0 heterocycles. The highest BCUT2D eigenvalue weighted by atomic mass is 19.3. The second-order valence-corrected chi connectivity index (χ2v) is 3.67.